The molecule has 0 amide bonds. The number of rotatable bonds is 3. The van der Waals surface area contributed by atoms with Crippen LogP contribution in [0, 0.1) is 12.3 Å². The summed E-state index contributed by atoms with van der Waals surface area (Å²) >= 11 is 0. The van der Waals surface area contributed by atoms with E-state index in [9.17, 15) is 4.79 Å². The molecule has 0 fully saturated rings. The maximum Gasteiger partial charge on any atom is 0.338 e. The van der Waals surface area contributed by atoms with Crippen molar-refractivity contribution in [2.24, 2.45) is 0 Å². The molecule has 2 aromatic carbocycles. The van der Waals surface area contributed by atoms with Gasteiger partial charge in [-0.3, -0.25) is 0 Å². The fraction of sp³-hybridized carbons (Fsp3) is 0.118. The number of hydrogen-bond acceptors (Lipinski definition) is 2. The molecular weight excluding hydrogens is 236 g/mol. The van der Waals surface area contributed by atoms with Gasteiger partial charge in [0.15, 0.2) is 0 Å². The molecule has 0 bridgehead atoms. The minimum atomic E-state index is -0.347. The first-order valence-corrected chi connectivity index (χ1v) is 6.03. The van der Waals surface area contributed by atoms with Crippen molar-refractivity contribution in [1.29, 1.82) is 0 Å². The van der Waals surface area contributed by atoms with Gasteiger partial charge in [-0.25, -0.2) is 4.79 Å². The van der Waals surface area contributed by atoms with Crippen LogP contribution in [0.25, 0.3) is 0 Å². The van der Waals surface area contributed by atoms with Crippen molar-refractivity contribution in [1.82, 2.24) is 0 Å². The lowest BCUT2D eigenvalue weighted by molar-refractivity contribution is 0.0338. The number of carbonyl (C=O) groups excluding carboxylic acids is 1. The molecule has 0 saturated heterocycles. The van der Waals surface area contributed by atoms with Crippen LogP contribution in [0.2, 0.25) is 0 Å². The van der Waals surface area contributed by atoms with Gasteiger partial charge < -0.3 is 4.74 Å². The highest BCUT2D eigenvalue weighted by atomic mass is 16.5. The molecule has 2 heteroatoms. The van der Waals surface area contributed by atoms with Gasteiger partial charge in [-0.05, 0) is 36.8 Å². The Bertz CT molecular complexity index is 591. The molecule has 0 aromatic heterocycles. The van der Waals surface area contributed by atoms with Crippen LogP contribution in [0.4, 0.5) is 0 Å². The maximum atomic E-state index is 12.0. The Balaban J connectivity index is 2.06. The number of esters is 1. The third-order valence-electron chi connectivity index (χ3n) is 2.84. The third kappa shape index (κ3) is 3.23. The first-order chi connectivity index (χ1) is 9.20. The summed E-state index contributed by atoms with van der Waals surface area (Å²) in [5.74, 6) is 2.16. The standard InChI is InChI=1S/C17H14O2/c1-3-14-9-11-16(12-10-14)17(18)19-13(2)15-7-5-4-6-8-15/h1,4-13H,2H3/t13-/m1/s1. The zero-order chi connectivity index (χ0) is 13.7. The van der Waals surface area contributed by atoms with Gasteiger partial charge in [-0.1, -0.05) is 36.3 Å². The van der Waals surface area contributed by atoms with Crippen molar-refractivity contribution >= 4 is 5.97 Å². The van der Waals surface area contributed by atoms with E-state index in [2.05, 4.69) is 5.92 Å². The molecule has 0 aliphatic heterocycles. The Morgan fingerprint density at radius 2 is 1.74 bits per heavy atom. The van der Waals surface area contributed by atoms with Crippen LogP contribution in [0.5, 0.6) is 0 Å². The van der Waals surface area contributed by atoms with E-state index in [-0.39, 0.29) is 12.1 Å². The third-order valence-corrected chi connectivity index (χ3v) is 2.84. The van der Waals surface area contributed by atoms with E-state index in [0.717, 1.165) is 11.1 Å². The monoisotopic (exact) mass is 250 g/mol. The summed E-state index contributed by atoms with van der Waals surface area (Å²) in [5, 5.41) is 0. The van der Waals surface area contributed by atoms with Crippen LogP contribution in [0.15, 0.2) is 54.6 Å². The Morgan fingerprint density at radius 1 is 1.11 bits per heavy atom. The first kappa shape index (κ1) is 12.9. The van der Waals surface area contributed by atoms with Gasteiger partial charge in [0.2, 0.25) is 0 Å². The summed E-state index contributed by atoms with van der Waals surface area (Å²) in [7, 11) is 0. The molecule has 94 valence electrons. The SMILES string of the molecule is C#Cc1ccc(C(=O)O[C@H](C)c2ccccc2)cc1. The van der Waals surface area contributed by atoms with E-state index in [1.54, 1.807) is 24.3 Å². The molecule has 0 aliphatic carbocycles. The molecule has 0 spiro atoms. The zero-order valence-corrected chi connectivity index (χ0v) is 10.7. The fourth-order valence-electron chi connectivity index (χ4n) is 1.72. The molecular formula is C17H14O2. The molecule has 0 N–H and O–H groups in total. The van der Waals surface area contributed by atoms with Crippen molar-refractivity contribution in [3.8, 4) is 12.3 Å². The van der Waals surface area contributed by atoms with Crippen molar-refractivity contribution in [3.05, 3.63) is 71.3 Å². The van der Waals surface area contributed by atoms with E-state index in [1.807, 2.05) is 37.3 Å². The summed E-state index contributed by atoms with van der Waals surface area (Å²) in [4.78, 5) is 12.0. The average Bonchev–Trinajstić information content (AvgIpc) is 2.48. The normalized spacial score (nSPS) is 11.4. The van der Waals surface area contributed by atoms with Gasteiger partial charge in [-0.2, -0.15) is 0 Å². The minimum absolute atomic E-state index is 0.277. The molecule has 2 aromatic rings. The Morgan fingerprint density at radius 3 is 2.32 bits per heavy atom. The molecule has 2 nitrogen and oxygen atoms in total. The fourth-order valence-corrected chi connectivity index (χ4v) is 1.72. The number of carbonyl (C=O) groups is 1. The van der Waals surface area contributed by atoms with Crippen LogP contribution in [0.3, 0.4) is 0 Å². The Labute approximate surface area is 113 Å². The topological polar surface area (TPSA) is 26.3 Å². The van der Waals surface area contributed by atoms with Crippen molar-refractivity contribution in [3.63, 3.8) is 0 Å². The Kier molecular flexibility index (Phi) is 4.00. The van der Waals surface area contributed by atoms with Crippen LogP contribution in [0.1, 0.15) is 34.5 Å². The summed E-state index contributed by atoms with van der Waals surface area (Å²) in [6, 6.07) is 16.4. The van der Waals surface area contributed by atoms with E-state index in [1.165, 1.54) is 0 Å². The second-order valence-corrected chi connectivity index (χ2v) is 4.18. The van der Waals surface area contributed by atoms with Crippen LogP contribution >= 0.6 is 0 Å². The van der Waals surface area contributed by atoms with Gasteiger partial charge in [-0.15, -0.1) is 6.42 Å². The van der Waals surface area contributed by atoms with Gasteiger partial charge >= 0.3 is 5.97 Å². The van der Waals surface area contributed by atoms with Gasteiger partial charge in [0.05, 0.1) is 5.56 Å². The second-order valence-electron chi connectivity index (χ2n) is 4.18. The lowest BCUT2D eigenvalue weighted by atomic mass is 10.1. The molecule has 19 heavy (non-hydrogen) atoms. The summed E-state index contributed by atoms with van der Waals surface area (Å²) in [5.41, 5.74) is 2.21. The molecule has 2 rings (SSSR count). The minimum Gasteiger partial charge on any atom is -0.454 e. The van der Waals surface area contributed by atoms with Crippen molar-refractivity contribution < 1.29 is 9.53 Å². The quantitative estimate of drug-likeness (QED) is 0.614. The molecule has 0 radical (unpaired) electrons. The lowest BCUT2D eigenvalue weighted by Crippen LogP contribution is -2.09. The highest BCUT2D eigenvalue weighted by Crippen LogP contribution is 2.18. The van der Waals surface area contributed by atoms with Gasteiger partial charge in [0.1, 0.15) is 6.10 Å². The Hall–Kier alpha value is -2.53. The lowest BCUT2D eigenvalue weighted by Gasteiger charge is -2.13. The molecule has 0 aliphatic rings. The van der Waals surface area contributed by atoms with Crippen LogP contribution < -0.4 is 0 Å². The predicted molar refractivity (Wildman–Crippen MR) is 74.6 cm³/mol. The van der Waals surface area contributed by atoms with E-state index >= 15 is 0 Å². The molecule has 1 atom stereocenters. The average molecular weight is 250 g/mol. The van der Waals surface area contributed by atoms with Gasteiger partial charge in [0.25, 0.3) is 0 Å². The predicted octanol–water partition coefficient (Wildman–Crippen LogP) is 3.59. The van der Waals surface area contributed by atoms with Crippen LogP contribution in [-0.4, -0.2) is 5.97 Å². The number of hydrogen-bond donors (Lipinski definition) is 0. The summed E-state index contributed by atoms with van der Waals surface area (Å²) < 4.78 is 5.41. The van der Waals surface area contributed by atoms with Crippen molar-refractivity contribution in [2.75, 3.05) is 0 Å². The molecule has 0 saturated carbocycles. The van der Waals surface area contributed by atoms with E-state index in [4.69, 9.17) is 11.2 Å². The number of ether oxygens (including phenoxy) is 1. The zero-order valence-electron chi connectivity index (χ0n) is 10.7. The van der Waals surface area contributed by atoms with E-state index in [0.29, 0.717) is 5.56 Å². The summed E-state index contributed by atoms with van der Waals surface area (Å²) in [6.07, 6.45) is 4.99. The maximum absolute atomic E-state index is 12.0. The van der Waals surface area contributed by atoms with Gasteiger partial charge in [0, 0.05) is 5.56 Å². The highest BCUT2D eigenvalue weighted by Gasteiger charge is 2.13. The number of terminal acetylenes is 1. The number of benzene rings is 2. The smallest absolute Gasteiger partial charge is 0.338 e. The molecule has 0 unspecified atom stereocenters. The van der Waals surface area contributed by atoms with Crippen LogP contribution in [-0.2, 0) is 4.74 Å². The van der Waals surface area contributed by atoms with Crippen molar-refractivity contribution in [2.45, 2.75) is 13.0 Å². The second kappa shape index (κ2) is 5.88. The first-order valence-electron chi connectivity index (χ1n) is 6.03. The molecule has 0 heterocycles. The highest BCUT2D eigenvalue weighted by molar-refractivity contribution is 5.89. The largest absolute Gasteiger partial charge is 0.454 e. The van der Waals surface area contributed by atoms with E-state index < -0.39 is 0 Å². The summed E-state index contributed by atoms with van der Waals surface area (Å²) in [6.45, 7) is 1.85.